The lowest BCUT2D eigenvalue weighted by Crippen LogP contribution is -2.05. The van der Waals surface area contributed by atoms with Crippen molar-refractivity contribution in [3.05, 3.63) is 33.8 Å². The van der Waals surface area contributed by atoms with Gasteiger partial charge in [-0.3, -0.25) is 4.79 Å². The third-order valence-corrected chi connectivity index (χ3v) is 3.83. The summed E-state index contributed by atoms with van der Waals surface area (Å²) >= 11 is 3.45. The summed E-state index contributed by atoms with van der Waals surface area (Å²) in [6.07, 6.45) is 4.70. The van der Waals surface area contributed by atoms with Gasteiger partial charge in [0, 0.05) is 4.47 Å². The van der Waals surface area contributed by atoms with Gasteiger partial charge < -0.3 is 4.74 Å². The Morgan fingerprint density at radius 3 is 2.88 bits per heavy atom. The molecule has 1 aromatic rings. The highest BCUT2D eigenvalue weighted by molar-refractivity contribution is 9.10. The molecule has 1 aromatic carbocycles. The van der Waals surface area contributed by atoms with Gasteiger partial charge in [-0.1, -0.05) is 34.8 Å². The summed E-state index contributed by atoms with van der Waals surface area (Å²) in [5, 5.41) is 0. The van der Waals surface area contributed by atoms with Crippen molar-refractivity contribution in [2.45, 2.75) is 38.7 Å². The quantitative estimate of drug-likeness (QED) is 0.737. The maximum absolute atomic E-state index is 10.6. The third-order valence-electron chi connectivity index (χ3n) is 3.33. The van der Waals surface area contributed by atoms with E-state index in [1.165, 1.54) is 18.4 Å². The molecule has 17 heavy (non-hydrogen) atoms. The maximum atomic E-state index is 10.6. The molecule has 3 heteroatoms. The van der Waals surface area contributed by atoms with Crippen molar-refractivity contribution in [3.8, 4) is 0 Å². The lowest BCUT2D eigenvalue weighted by Gasteiger charge is -2.17. The number of hydrogen-bond donors (Lipinski definition) is 0. The Kier molecular flexibility index (Phi) is 4.21. The summed E-state index contributed by atoms with van der Waals surface area (Å²) in [4.78, 5) is 10.6. The molecule has 1 aliphatic carbocycles. The van der Waals surface area contributed by atoms with Crippen LogP contribution in [0.25, 0.3) is 0 Å². The molecule has 1 aliphatic rings. The largest absolute Gasteiger partial charge is 0.460 e. The first-order valence-corrected chi connectivity index (χ1v) is 6.85. The van der Waals surface area contributed by atoms with Gasteiger partial charge >= 0.3 is 0 Å². The molecule has 0 heterocycles. The molecule has 1 atom stereocenters. The van der Waals surface area contributed by atoms with Crippen LogP contribution >= 0.6 is 15.9 Å². The first-order chi connectivity index (χ1) is 8.20. The lowest BCUT2D eigenvalue weighted by atomic mass is 9.99. The monoisotopic (exact) mass is 296 g/mol. The van der Waals surface area contributed by atoms with Crippen molar-refractivity contribution in [1.29, 1.82) is 0 Å². The Morgan fingerprint density at radius 2 is 2.29 bits per heavy atom. The summed E-state index contributed by atoms with van der Waals surface area (Å²) in [5.74, 6) is 0.864. The number of rotatable bonds is 6. The molecule has 1 saturated carbocycles. The van der Waals surface area contributed by atoms with Crippen LogP contribution in [0, 0.1) is 12.8 Å². The van der Waals surface area contributed by atoms with E-state index in [2.05, 4.69) is 28.9 Å². The predicted octanol–water partition coefficient (Wildman–Crippen LogP) is 4.16. The predicted molar refractivity (Wildman–Crippen MR) is 70.7 cm³/mol. The van der Waals surface area contributed by atoms with E-state index >= 15 is 0 Å². The molecule has 0 radical (unpaired) electrons. The summed E-state index contributed by atoms with van der Waals surface area (Å²) in [5.41, 5.74) is 2.29. The molecule has 1 unspecified atom stereocenters. The molecule has 0 spiro atoms. The van der Waals surface area contributed by atoms with E-state index in [1.807, 2.05) is 12.1 Å². The second-order valence-electron chi connectivity index (χ2n) is 4.74. The Morgan fingerprint density at radius 1 is 1.53 bits per heavy atom. The highest BCUT2D eigenvalue weighted by atomic mass is 79.9. The van der Waals surface area contributed by atoms with Crippen LogP contribution in [0.15, 0.2) is 22.7 Å². The zero-order chi connectivity index (χ0) is 12.3. The summed E-state index contributed by atoms with van der Waals surface area (Å²) in [6, 6.07) is 6.11. The minimum Gasteiger partial charge on any atom is -0.460 e. The first-order valence-electron chi connectivity index (χ1n) is 6.06. The maximum Gasteiger partial charge on any atom is 0.293 e. The van der Waals surface area contributed by atoms with Crippen molar-refractivity contribution >= 4 is 22.4 Å². The molecule has 2 rings (SSSR count). The van der Waals surface area contributed by atoms with Crippen LogP contribution in [-0.2, 0) is 9.53 Å². The average molecular weight is 297 g/mol. The van der Waals surface area contributed by atoms with Crippen molar-refractivity contribution in [2.75, 3.05) is 0 Å². The molecule has 0 amide bonds. The van der Waals surface area contributed by atoms with E-state index in [9.17, 15) is 4.79 Å². The SMILES string of the molecule is Cc1cc(Br)ccc1C(CCC1CC1)OC=O. The van der Waals surface area contributed by atoms with E-state index in [0.29, 0.717) is 6.47 Å². The normalized spacial score (nSPS) is 16.6. The van der Waals surface area contributed by atoms with E-state index < -0.39 is 0 Å². The minimum absolute atomic E-state index is 0.0822. The second-order valence-corrected chi connectivity index (χ2v) is 5.66. The number of carbonyl (C=O) groups is 1. The number of carbonyl (C=O) groups excluding carboxylic acids is 1. The van der Waals surface area contributed by atoms with Gasteiger partial charge in [-0.25, -0.2) is 0 Å². The Hall–Kier alpha value is -0.830. The fraction of sp³-hybridized carbons (Fsp3) is 0.500. The highest BCUT2D eigenvalue weighted by Crippen LogP contribution is 2.37. The lowest BCUT2D eigenvalue weighted by molar-refractivity contribution is -0.134. The van der Waals surface area contributed by atoms with Crippen molar-refractivity contribution in [3.63, 3.8) is 0 Å². The van der Waals surface area contributed by atoms with Gasteiger partial charge in [-0.15, -0.1) is 0 Å². The molecule has 1 fully saturated rings. The summed E-state index contributed by atoms with van der Waals surface area (Å²) in [6.45, 7) is 2.62. The van der Waals surface area contributed by atoms with Crippen LogP contribution in [0.4, 0.5) is 0 Å². The topological polar surface area (TPSA) is 26.3 Å². The summed E-state index contributed by atoms with van der Waals surface area (Å²) < 4.78 is 6.29. The van der Waals surface area contributed by atoms with Gasteiger partial charge in [0.25, 0.3) is 6.47 Å². The third kappa shape index (κ3) is 3.56. The Labute approximate surface area is 110 Å². The smallest absolute Gasteiger partial charge is 0.293 e. The van der Waals surface area contributed by atoms with Crippen molar-refractivity contribution in [1.82, 2.24) is 0 Å². The molecule has 0 aromatic heterocycles. The van der Waals surface area contributed by atoms with Crippen molar-refractivity contribution in [2.24, 2.45) is 5.92 Å². The second kappa shape index (κ2) is 5.67. The Balaban J connectivity index is 2.08. The van der Waals surface area contributed by atoms with Crippen molar-refractivity contribution < 1.29 is 9.53 Å². The standard InChI is InChI=1S/C14H17BrO2/c1-10-8-12(15)5-6-13(10)14(17-9-16)7-4-11-2-3-11/h5-6,8-9,11,14H,2-4,7H2,1H3. The molecule has 0 N–H and O–H groups in total. The van der Waals surface area contributed by atoms with Crippen LogP contribution in [0.1, 0.15) is 42.9 Å². The van der Waals surface area contributed by atoms with Crippen LogP contribution in [0.3, 0.4) is 0 Å². The molecule has 2 nitrogen and oxygen atoms in total. The molecule has 0 saturated heterocycles. The zero-order valence-electron chi connectivity index (χ0n) is 9.99. The first kappa shape index (κ1) is 12.6. The Bertz CT molecular complexity index is 399. The van der Waals surface area contributed by atoms with Crippen LogP contribution in [-0.4, -0.2) is 6.47 Å². The highest BCUT2D eigenvalue weighted by Gasteiger charge is 2.24. The average Bonchev–Trinajstić information content (AvgIpc) is 3.09. The molecular weight excluding hydrogens is 280 g/mol. The minimum atomic E-state index is -0.0822. The zero-order valence-corrected chi connectivity index (χ0v) is 11.6. The van der Waals surface area contributed by atoms with Gasteiger partial charge in [0.1, 0.15) is 6.10 Å². The molecular formula is C14H17BrO2. The van der Waals surface area contributed by atoms with Gasteiger partial charge in [0.2, 0.25) is 0 Å². The van der Waals surface area contributed by atoms with E-state index in [0.717, 1.165) is 28.8 Å². The number of hydrogen-bond acceptors (Lipinski definition) is 2. The van der Waals surface area contributed by atoms with Crippen LogP contribution in [0.2, 0.25) is 0 Å². The van der Waals surface area contributed by atoms with Gasteiger partial charge in [0.15, 0.2) is 0 Å². The fourth-order valence-corrected chi connectivity index (χ4v) is 2.63. The van der Waals surface area contributed by atoms with Crippen LogP contribution in [0.5, 0.6) is 0 Å². The molecule has 92 valence electrons. The number of halogens is 1. The molecule has 0 bridgehead atoms. The number of aryl methyl sites for hydroxylation is 1. The summed E-state index contributed by atoms with van der Waals surface area (Å²) in [7, 11) is 0. The van der Waals surface area contributed by atoms with E-state index in [4.69, 9.17) is 4.74 Å². The fourth-order valence-electron chi connectivity index (χ4n) is 2.16. The number of benzene rings is 1. The van der Waals surface area contributed by atoms with E-state index in [-0.39, 0.29) is 6.10 Å². The van der Waals surface area contributed by atoms with Gasteiger partial charge in [-0.05, 0) is 48.9 Å². The number of ether oxygens (including phenoxy) is 1. The van der Waals surface area contributed by atoms with Crippen LogP contribution < -0.4 is 0 Å². The van der Waals surface area contributed by atoms with E-state index in [1.54, 1.807) is 0 Å². The van der Waals surface area contributed by atoms with Gasteiger partial charge in [0.05, 0.1) is 0 Å². The molecule has 0 aliphatic heterocycles. The van der Waals surface area contributed by atoms with Gasteiger partial charge in [-0.2, -0.15) is 0 Å².